The Labute approximate surface area is 145 Å². The number of sulfonamides is 1. The summed E-state index contributed by atoms with van der Waals surface area (Å²) in [4.78, 5) is 14.2. The molecule has 0 aliphatic heterocycles. The second-order valence-electron chi connectivity index (χ2n) is 5.75. The molecule has 24 heavy (non-hydrogen) atoms. The fraction of sp³-hybridized carbons (Fsp3) is 0.588. The second kappa shape index (κ2) is 9.76. The lowest BCUT2D eigenvalue weighted by atomic mass is 10.3. The van der Waals surface area contributed by atoms with Gasteiger partial charge >= 0.3 is 0 Å². The Bertz CT molecular complexity index is 610. The number of benzene rings is 1. The van der Waals surface area contributed by atoms with Crippen LogP contribution in [0.1, 0.15) is 33.6 Å². The molecule has 0 radical (unpaired) electrons. The summed E-state index contributed by atoms with van der Waals surface area (Å²) in [6.07, 6.45) is 2.15. The Morgan fingerprint density at radius 1 is 1.08 bits per heavy atom. The zero-order valence-electron chi connectivity index (χ0n) is 15.1. The molecule has 0 unspecified atom stereocenters. The zero-order chi connectivity index (χ0) is 18.2. The normalized spacial score (nSPS) is 11.9. The predicted molar refractivity (Wildman–Crippen MR) is 97.6 cm³/mol. The van der Waals surface area contributed by atoms with Crippen molar-refractivity contribution in [2.24, 2.45) is 0 Å². The summed E-state index contributed by atoms with van der Waals surface area (Å²) >= 11 is 0. The number of hydrogen-bond acceptors (Lipinski definition) is 4. The van der Waals surface area contributed by atoms with Crippen LogP contribution in [0.4, 0.5) is 5.69 Å². The van der Waals surface area contributed by atoms with E-state index in [1.54, 1.807) is 12.1 Å². The first kappa shape index (κ1) is 20.6. The molecule has 0 saturated heterocycles. The topological polar surface area (TPSA) is 69.7 Å². The van der Waals surface area contributed by atoms with Crippen molar-refractivity contribution < 1.29 is 13.2 Å². The maximum absolute atomic E-state index is 12.4. The third-order valence-electron chi connectivity index (χ3n) is 3.79. The molecule has 1 aromatic rings. The van der Waals surface area contributed by atoms with E-state index in [1.807, 2.05) is 25.8 Å². The smallest absolute Gasteiger partial charge is 0.243 e. The average Bonchev–Trinajstić information content (AvgIpc) is 2.54. The predicted octanol–water partition coefficient (Wildman–Crippen LogP) is 2.39. The van der Waals surface area contributed by atoms with Crippen LogP contribution >= 0.6 is 0 Å². The first-order chi connectivity index (χ1) is 11.3. The van der Waals surface area contributed by atoms with Crippen molar-refractivity contribution in [1.82, 2.24) is 9.21 Å². The van der Waals surface area contributed by atoms with Crippen molar-refractivity contribution in [1.29, 1.82) is 0 Å². The molecule has 1 amide bonds. The minimum atomic E-state index is -3.46. The molecule has 0 spiro atoms. The molecule has 0 heterocycles. The number of likely N-dealkylation sites (N-methyl/N-ethyl adjacent to an activating group) is 1. The molecule has 6 nitrogen and oxygen atoms in total. The van der Waals surface area contributed by atoms with Crippen molar-refractivity contribution in [3.8, 4) is 0 Å². The van der Waals surface area contributed by atoms with Gasteiger partial charge in [-0.1, -0.05) is 27.2 Å². The van der Waals surface area contributed by atoms with E-state index in [-0.39, 0.29) is 10.8 Å². The Balaban J connectivity index is 2.69. The number of nitrogens with zero attached hydrogens (tertiary/aromatic N) is 2. The summed E-state index contributed by atoms with van der Waals surface area (Å²) in [6, 6.07) is 6.31. The molecule has 0 fully saturated rings. The highest BCUT2D eigenvalue weighted by molar-refractivity contribution is 7.89. The van der Waals surface area contributed by atoms with Crippen molar-refractivity contribution >= 4 is 21.6 Å². The number of rotatable bonds is 10. The standard InChI is InChI=1S/C17H29N3O3S/c1-5-8-13-19(4)14-17(21)18-15-9-11-16(12-10-15)24(22,23)20(6-2)7-3/h9-12H,5-8,13-14H2,1-4H3,(H,18,21). The third kappa shape index (κ3) is 5.89. The molecule has 0 atom stereocenters. The lowest BCUT2D eigenvalue weighted by Crippen LogP contribution is -2.31. The third-order valence-corrected chi connectivity index (χ3v) is 5.85. The van der Waals surface area contributed by atoms with Crippen LogP contribution in [0.3, 0.4) is 0 Å². The second-order valence-corrected chi connectivity index (χ2v) is 7.69. The first-order valence-corrected chi connectivity index (χ1v) is 9.87. The highest BCUT2D eigenvalue weighted by Gasteiger charge is 2.21. The number of anilines is 1. The molecular formula is C17H29N3O3S. The molecule has 0 aliphatic rings. The molecule has 136 valence electrons. The Morgan fingerprint density at radius 3 is 2.17 bits per heavy atom. The van der Waals surface area contributed by atoms with Crippen LogP contribution in [-0.2, 0) is 14.8 Å². The number of unbranched alkanes of at least 4 members (excludes halogenated alkanes) is 1. The van der Waals surface area contributed by atoms with Crippen LogP contribution < -0.4 is 5.32 Å². The van der Waals surface area contributed by atoms with E-state index in [9.17, 15) is 13.2 Å². The van der Waals surface area contributed by atoms with E-state index < -0.39 is 10.0 Å². The fourth-order valence-electron chi connectivity index (χ4n) is 2.38. The summed E-state index contributed by atoms with van der Waals surface area (Å²) < 4.78 is 26.2. The number of amides is 1. The number of carbonyl (C=O) groups is 1. The van der Waals surface area contributed by atoms with Gasteiger partial charge in [-0.15, -0.1) is 0 Å². The van der Waals surface area contributed by atoms with Gasteiger partial charge in [0, 0.05) is 18.8 Å². The summed E-state index contributed by atoms with van der Waals surface area (Å²) in [5.74, 6) is -0.104. The lowest BCUT2D eigenvalue weighted by molar-refractivity contribution is -0.117. The molecule has 0 aromatic heterocycles. The summed E-state index contributed by atoms with van der Waals surface area (Å²) in [6.45, 7) is 7.80. The van der Waals surface area contributed by atoms with Crippen LogP contribution in [0.2, 0.25) is 0 Å². The molecule has 0 bridgehead atoms. The van der Waals surface area contributed by atoms with Crippen molar-refractivity contribution in [2.45, 2.75) is 38.5 Å². The van der Waals surface area contributed by atoms with E-state index in [1.165, 1.54) is 16.4 Å². The Kier molecular flexibility index (Phi) is 8.38. The highest BCUT2D eigenvalue weighted by atomic mass is 32.2. The highest BCUT2D eigenvalue weighted by Crippen LogP contribution is 2.18. The van der Waals surface area contributed by atoms with Crippen LogP contribution in [0.5, 0.6) is 0 Å². The van der Waals surface area contributed by atoms with Gasteiger partial charge < -0.3 is 5.32 Å². The van der Waals surface area contributed by atoms with Crippen molar-refractivity contribution in [3.05, 3.63) is 24.3 Å². The zero-order valence-corrected chi connectivity index (χ0v) is 15.9. The fourth-order valence-corrected chi connectivity index (χ4v) is 3.83. The van der Waals surface area contributed by atoms with Crippen LogP contribution in [0.25, 0.3) is 0 Å². The molecule has 1 rings (SSSR count). The summed E-state index contributed by atoms with van der Waals surface area (Å²) in [7, 11) is -1.55. The molecule has 7 heteroatoms. The van der Waals surface area contributed by atoms with Gasteiger partial charge in [0.05, 0.1) is 11.4 Å². The van der Waals surface area contributed by atoms with Crippen molar-refractivity contribution in [3.63, 3.8) is 0 Å². The summed E-state index contributed by atoms with van der Waals surface area (Å²) in [5, 5.41) is 2.80. The maximum Gasteiger partial charge on any atom is 0.243 e. The van der Waals surface area contributed by atoms with Crippen LogP contribution in [0, 0.1) is 0 Å². The minimum absolute atomic E-state index is 0.104. The molecule has 0 aliphatic carbocycles. The molecule has 0 saturated carbocycles. The van der Waals surface area contributed by atoms with Crippen LogP contribution in [-0.4, -0.2) is 56.8 Å². The summed E-state index contributed by atoms with van der Waals surface area (Å²) in [5.41, 5.74) is 0.599. The van der Waals surface area contributed by atoms with E-state index in [2.05, 4.69) is 12.2 Å². The SMILES string of the molecule is CCCCN(C)CC(=O)Nc1ccc(S(=O)(=O)N(CC)CC)cc1. The van der Waals surface area contributed by atoms with Crippen molar-refractivity contribution in [2.75, 3.05) is 38.5 Å². The van der Waals surface area contributed by atoms with E-state index >= 15 is 0 Å². The Morgan fingerprint density at radius 2 is 1.67 bits per heavy atom. The maximum atomic E-state index is 12.4. The van der Waals surface area contributed by atoms with Gasteiger partial charge in [-0.25, -0.2) is 8.42 Å². The number of carbonyl (C=O) groups excluding carboxylic acids is 1. The van der Waals surface area contributed by atoms with Gasteiger partial charge in [0.1, 0.15) is 0 Å². The van der Waals surface area contributed by atoms with Gasteiger partial charge in [0.15, 0.2) is 0 Å². The van der Waals surface area contributed by atoms with Gasteiger partial charge in [0.2, 0.25) is 15.9 Å². The van der Waals surface area contributed by atoms with E-state index in [0.717, 1.165) is 19.4 Å². The minimum Gasteiger partial charge on any atom is -0.325 e. The lowest BCUT2D eigenvalue weighted by Gasteiger charge is -2.19. The van der Waals surface area contributed by atoms with Gasteiger partial charge in [-0.05, 0) is 44.3 Å². The van der Waals surface area contributed by atoms with Gasteiger partial charge in [-0.3, -0.25) is 9.69 Å². The van der Waals surface area contributed by atoms with Crippen LogP contribution in [0.15, 0.2) is 29.2 Å². The molecule has 1 N–H and O–H groups in total. The van der Waals surface area contributed by atoms with Gasteiger partial charge in [-0.2, -0.15) is 4.31 Å². The molecular weight excluding hydrogens is 326 g/mol. The van der Waals surface area contributed by atoms with Gasteiger partial charge in [0.25, 0.3) is 0 Å². The Hall–Kier alpha value is -1.44. The van der Waals surface area contributed by atoms with E-state index in [0.29, 0.717) is 25.3 Å². The van der Waals surface area contributed by atoms with E-state index in [4.69, 9.17) is 0 Å². The largest absolute Gasteiger partial charge is 0.325 e. The molecule has 1 aromatic carbocycles. The number of nitrogens with one attached hydrogen (secondary N) is 1. The first-order valence-electron chi connectivity index (χ1n) is 8.43. The quantitative estimate of drug-likeness (QED) is 0.700. The number of hydrogen-bond donors (Lipinski definition) is 1. The average molecular weight is 356 g/mol. The monoisotopic (exact) mass is 355 g/mol.